The summed E-state index contributed by atoms with van der Waals surface area (Å²) in [6, 6.07) is 4.18. The molecule has 1 aliphatic carbocycles. The molecule has 1 aromatic carbocycles. The van der Waals surface area contributed by atoms with Crippen LogP contribution >= 0.6 is 0 Å². The number of halogens is 1. The Morgan fingerprint density at radius 3 is 2.69 bits per heavy atom. The van der Waals surface area contributed by atoms with Crippen LogP contribution in [0.3, 0.4) is 0 Å². The number of hydrogen-bond acceptors (Lipinski definition) is 3. The molecular weight excluding hydrogens is 353 g/mol. The first-order valence-corrected chi connectivity index (χ1v) is 11.0. The first-order valence-electron chi connectivity index (χ1n) is 8.95. The largest absolute Gasteiger partial charge is 0.356 e. The Kier molecular flexibility index (Phi) is 7.63. The van der Waals surface area contributed by atoms with E-state index in [1.54, 1.807) is 7.05 Å². The molecule has 0 atom stereocenters. The van der Waals surface area contributed by atoms with E-state index in [0.717, 1.165) is 13.0 Å². The van der Waals surface area contributed by atoms with Gasteiger partial charge < -0.3 is 10.6 Å². The number of rotatable bonds is 7. The molecule has 0 saturated carbocycles. The van der Waals surface area contributed by atoms with Crippen molar-refractivity contribution in [1.29, 1.82) is 0 Å². The minimum absolute atomic E-state index is 0.107. The molecule has 0 unspecified atom stereocenters. The number of nitrogens with one attached hydrogen (secondary N) is 2. The Balaban J connectivity index is 1.91. The van der Waals surface area contributed by atoms with E-state index in [4.69, 9.17) is 0 Å². The van der Waals surface area contributed by atoms with Gasteiger partial charge in [-0.3, -0.25) is 4.99 Å². The van der Waals surface area contributed by atoms with Gasteiger partial charge in [-0.05, 0) is 55.4 Å². The molecule has 0 saturated heterocycles. The summed E-state index contributed by atoms with van der Waals surface area (Å²) in [6.07, 6.45) is 9.38. The second-order valence-electron chi connectivity index (χ2n) is 6.69. The van der Waals surface area contributed by atoms with Gasteiger partial charge in [-0.15, -0.1) is 0 Å². The molecule has 2 N–H and O–H groups in total. The monoisotopic (exact) mass is 381 g/mol. The summed E-state index contributed by atoms with van der Waals surface area (Å²) in [5.41, 5.74) is 2.71. The van der Waals surface area contributed by atoms with Crippen molar-refractivity contribution in [1.82, 2.24) is 10.6 Å². The SMILES string of the molecule is CN=C(NCCC1=CCCCC1)NCc1cc(F)ccc1CS(C)(=O)=O. The third-order valence-corrected chi connectivity index (χ3v) is 5.21. The fraction of sp³-hybridized carbons (Fsp3) is 0.526. The zero-order valence-corrected chi connectivity index (χ0v) is 16.3. The van der Waals surface area contributed by atoms with Crippen molar-refractivity contribution < 1.29 is 12.8 Å². The quantitative estimate of drug-likeness (QED) is 0.433. The van der Waals surface area contributed by atoms with Gasteiger partial charge in [0.2, 0.25) is 0 Å². The summed E-state index contributed by atoms with van der Waals surface area (Å²) in [5, 5.41) is 6.39. The maximum atomic E-state index is 13.6. The van der Waals surface area contributed by atoms with Crippen LogP contribution in [-0.4, -0.2) is 34.2 Å². The lowest BCUT2D eigenvalue weighted by Gasteiger charge is -2.16. The van der Waals surface area contributed by atoms with E-state index >= 15 is 0 Å². The molecule has 0 fully saturated rings. The molecule has 0 spiro atoms. The van der Waals surface area contributed by atoms with Gasteiger partial charge in [-0.25, -0.2) is 12.8 Å². The minimum atomic E-state index is -3.19. The highest BCUT2D eigenvalue weighted by Gasteiger charge is 2.11. The molecule has 7 heteroatoms. The van der Waals surface area contributed by atoms with Gasteiger partial charge in [-0.2, -0.15) is 0 Å². The van der Waals surface area contributed by atoms with E-state index in [0.29, 0.717) is 23.6 Å². The third kappa shape index (κ3) is 7.15. The first kappa shape index (κ1) is 20.4. The number of nitrogens with zero attached hydrogens (tertiary/aromatic N) is 1. The van der Waals surface area contributed by atoms with Gasteiger partial charge in [0.05, 0.1) is 5.75 Å². The highest BCUT2D eigenvalue weighted by molar-refractivity contribution is 7.89. The lowest BCUT2D eigenvalue weighted by Crippen LogP contribution is -2.37. The van der Waals surface area contributed by atoms with E-state index in [-0.39, 0.29) is 11.6 Å². The molecule has 0 heterocycles. The lowest BCUT2D eigenvalue weighted by molar-refractivity contribution is 0.599. The maximum Gasteiger partial charge on any atom is 0.191 e. The van der Waals surface area contributed by atoms with Crippen LogP contribution in [0.1, 0.15) is 43.2 Å². The van der Waals surface area contributed by atoms with Crippen LogP contribution < -0.4 is 10.6 Å². The molecule has 0 aliphatic heterocycles. The number of aliphatic imine (C=N–C) groups is 1. The standard InChI is InChI=1S/C19H28FN3O2S/c1-21-19(22-11-10-15-6-4-3-5-7-15)23-13-17-12-18(20)9-8-16(17)14-26(2,24)25/h6,8-9,12H,3-5,7,10-11,13-14H2,1-2H3,(H2,21,22,23). The third-order valence-electron chi connectivity index (χ3n) is 4.38. The number of benzene rings is 1. The predicted molar refractivity (Wildman–Crippen MR) is 104 cm³/mol. The number of sulfone groups is 1. The molecule has 2 rings (SSSR count). The van der Waals surface area contributed by atoms with Crippen molar-refractivity contribution in [2.24, 2.45) is 4.99 Å². The normalized spacial score (nSPS) is 15.5. The zero-order chi connectivity index (χ0) is 19.0. The average Bonchev–Trinajstić information content (AvgIpc) is 2.60. The van der Waals surface area contributed by atoms with E-state index in [1.807, 2.05) is 0 Å². The van der Waals surface area contributed by atoms with Crippen molar-refractivity contribution in [2.45, 2.75) is 44.4 Å². The Hall–Kier alpha value is -1.89. The van der Waals surface area contributed by atoms with Crippen LogP contribution in [0.15, 0.2) is 34.8 Å². The predicted octanol–water partition coefficient (Wildman–Crippen LogP) is 2.93. The van der Waals surface area contributed by atoms with E-state index in [9.17, 15) is 12.8 Å². The maximum absolute atomic E-state index is 13.6. The van der Waals surface area contributed by atoms with Gasteiger partial charge in [0, 0.05) is 26.4 Å². The summed E-state index contributed by atoms with van der Waals surface area (Å²) < 4.78 is 36.7. The Labute approximate surface area is 155 Å². The highest BCUT2D eigenvalue weighted by Crippen LogP contribution is 2.19. The van der Waals surface area contributed by atoms with E-state index < -0.39 is 9.84 Å². The highest BCUT2D eigenvalue weighted by atomic mass is 32.2. The molecule has 5 nitrogen and oxygen atoms in total. The van der Waals surface area contributed by atoms with Gasteiger partial charge in [0.15, 0.2) is 15.8 Å². The summed E-state index contributed by atoms with van der Waals surface area (Å²) in [5.74, 6) is 0.131. The molecule has 1 aliphatic rings. The second-order valence-corrected chi connectivity index (χ2v) is 8.83. The van der Waals surface area contributed by atoms with Crippen molar-refractivity contribution in [3.05, 3.63) is 46.8 Å². The molecule has 1 aromatic rings. The van der Waals surface area contributed by atoms with Gasteiger partial charge >= 0.3 is 0 Å². The van der Waals surface area contributed by atoms with Crippen molar-refractivity contribution in [2.75, 3.05) is 19.8 Å². The summed E-state index contributed by atoms with van der Waals surface area (Å²) in [7, 11) is -1.51. The average molecular weight is 382 g/mol. The smallest absolute Gasteiger partial charge is 0.191 e. The van der Waals surface area contributed by atoms with Crippen molar-refractivity contribution in [3.8, 4) is 0 Å². The number of guanidine groups is 1. The fourth-order valence-corrected chi connectivity index (χ4v) is 3.90. The molecule has 26 heavy (non-hydrogen) atoms. The Bertz CT molecular complexity index is 773. The number of hydrogen-bond donors (Lipinski definition) is 2. The summed E-state index contributed by atoms with van der Waals surface area (Å²) in [4.78, 5) is 4.18. The van der Waals surface area contributed by atoms with Gasteiger partial charge in [0.1, 0.15) is 5.82 Å². The molecule has 0 amide bonds. The lowest BCUT2D eigenvalue weighted by atomic mass is 9.97. The molecule has 0 bridgehead atoms. The molecule has 144 valence electrons. The Morgan fingerprint density at radius 2 is 2.04 bits per heavy atom. The summed E-state index contributed by atoms with van der Waals surface area (Å²) >= 11 is 0. The fourth-order valence-electron chi connectivity index (χ4n) is 3.06. The molecule has 0 aromatic heterocycles. The van der Waals surface area contributed by atoms with Crippen molar-refractivity contribution >= 4 is 15.8 Å². The van der Waals surface area contributed by atoms with Gasteiger partial charge in [0.25, 0.3) is 0 Å². The van der Waals surface area contributed by atoms with Crippen molar-refractivity contribution in [3.63, 3.8) is 0 Å². The molecular formula is C19H28FN3O2S. The van der Waals surface area contributed by atoms with Crippen LogP contribution in [0, 0.1) is 5.82 Å². The Morgan fingerprint density at radius 1 is 1.23 bits per heavy atom. The molecule has 0 radical (unpaired) electrons. The van der Waals surface area contributed by atoms with E-state index in [1.165, 1.54) is 55.7 Å². The van der Waals surface area contributed by atoms with E-state index in [2.05, 4.69) is 21.7 Å². The van der Waals surface area contributed by atoms with Crippen LogP contribution in [0.2, 0.25) is 0 Å². The number of allylic oxidation sites excluding steroid dienone is 1. The zero-order valence-electron chi connectivity index (χ0n) is 15.5. The minimum Gasteiger partial charge on any atom is -0.356 e. The van der Waals surface area contributed by atoms with Crippen LogP contribution in [0.25, 0.3) is 0 Å². The second kappa shape index (κ2) is 9.71. The first-order chi connectivity index (χ1) is 12.4. The van der Waals surface area contributed by atoms with Crippen LogP contribution in [0.4, 0.5) is 4.39 Å². The van der Waals surface area contributed by atoms with Gasteiger partial charge in [-0.1, -0.05) is 17.7 Å². The van der Waals surface area contributed by atoms with Crippen LogP contribution in [0.5, 0.6) is 0 Å². The summed E-state index contributed by atoms with van der Waals surface area (Å²) in [6.45, 7) is 1.09. The topological polar surface area (TPSA) is 70.6 Å². The van der Waals surface area contributed by atoms with Crippen LogP contribution in [-0.2, 0) is 22.1 Å².